The van der Waals surface area contributed by atoms with Gasteiger partial charge in [0.05, 0.1) is 15.7 Å². The number of carboxylic acids is 1. The van der Waals surface area contributed by atoms with Gasteiger partial charge in [0, 0.05) is 5.56 Å². The summed E-state index contributed by atoms with van der Waals surface area (Å²) >= 11 is 1.46. The average Bonchev–Trinajstić information content (AvgIpc) is 2.79. The number of carbonyl (C=O) groups excluding carboxylic acids is 1. The molecule has 2 aromatic rings. The Balaban J connectivity index is 1.85. The molecule has 5 nitrogen and oxygen atoms in total. The lowest BCUT2D eigenvalue weighted by Gasteiger charge is -2.38. The second-order valence-electron chi connectivity index (χ2n) is 4.73. The van der Waals surface area contributed by atoms with Crippen molar-refractivity contribution in [3.8, 4) is 0 Å². The van der Waals surface area contributed by atoms with Crippen LogP contribution in [0, 0.1) is 0 Å². The van der Waals surface area contributed by atoms with Crippen LogP contribution in [-0.2, 0) is 4.79 Å². The summed E-state index contributed by atoms with van der Waals surface area (Å²) in [5.74, 6) is -1.29. The summed E-state index contributed by atoms with van der Waals surface area (Å²) in [4.78, 5) is 27.5. The van der Waals surface area contributed by atoms with Gasteiger partial charge in [-0.05, 0) is 37.5 Å². The molecule has 0 radical (unpaired) electrons. The molecule has 0 spiro atoms. The molecule has 1 heterocycles. The number of benzene rings is 1. The summed E-state index contributed by atoms with van der Waals surface area (Å²) in [5, 5.41) is 11.8. The standard InChI is InChI=1S/C13H12N2O3S/c16-11(15-13(12(17)18)4-1-5-13)8-2-3-9-10(6-8)19-7-14-9/h2-3,6-7H,1,4-5H2,(H,15,16)(H,17,18). The van der Waals surface area contributed by atoms with E-state index in [1.54, 1.807) is 23.7 Å². The molecule has 0 aliphatic heterocycles. The van der Waals surface area contributed by atoms with Crippen molar-refractivity contribution in [3.63, 3.8) is 0 Å². The Labute approximate surface area is 113 Å². The SMILES string of the molecule is O=C(NC1(C(=O)O)CCC1)c1ccc2ncsc2c1. The molecule has 3 rings (SSSR count). The summed E-state index contributed by atoms with van der Waals surface area (Å²) in [5.41, 5.74) is 1.97. The Morgan fingerprint density at radius 3 is 2.79 bits per heavy atom. The fraction of sp³-hybridized carbons (Fsp3) is 0.308. The zero-order chi connectivity index (χ0) is 13.5. The van der Waals surface area contributed by atoms with E-state index in [2.05, 4.69) is 10.3 Å². The number of amides is 1. The van der Waals surface area contributed by atoms with Gasteiger partial charge in [0.1, 0.15) is 5.54 Å². The molecule has 0 bridgehead atoms. The van der Waals surface area contributed by atoms with Gasteiger partial charge in [-0.3, -0.25) is 4.79 Å². The third-order valence-corrected chi connectivity index (χ3v) is 4.35. The molecule has 0 saturated heterocycles. The highest BCUT2D eigenvalue weighted by atomic mass is 32.1. The van der Waals surface area contributed by atoms with Gasteiger partial charge in [-0.1, -0.05) is 0 Å². The molecule has 1 amide bonds. The molecule has 1 aromatic carbocycles. The number of carboxylic acid groups (broad SMARTS) is 1. The van der Waals surface area contributed by atoms with E-state index in [-0.39, 0.29) is 5.91 Å². The van der Waals surface area contributed by atoms with E-state index in [1.807, 2.05) is 0 Å². The molecular weight excluding hydrogens is 264 g/mol. The molecule has 1 aliphatic rings. The van der Waals surface area contributed by atoms with Gasteiger partial charge in [-0.15, -0.1) is 11.3 Å². The largest absolute Gasteiger partial charge is 0.480 e. The third kappa shape index (κ3) is 1.98. The molecule has 1 aliphatic carbocycles. The number of rotatable bonds is 3. The van der Waals surface area contributed by atoms with Crippen molar-refractivity contribution in [1.29, 1.82) is 0 Å². The second kappa shape index (κ2) is 4.31. The molecule has 2 N–H and O–H groups in total. The Kier molecular flexibility index (Phi) is 2.74. The number of aliphatic carboxylic acids is 1. The van der Waals surface area contributed by atoms with Gasteiger partial charge >= 0.3 is 5.97 Å². The highest BCUT2D eigenvalue weighted by Gasteiger charge is 2.45. The highest BCUT2D eigenvalue weighted by Crippen LogP contribution is 2.32. The maximum atomic E-state index is 12.1. The van der Waals surface area contributed by atoms with Gasteiger partial charge in [0.2, 0.25) is 0 Å². The van der Waals surface area contributed by atoms with E-state index in [0.29, 0.717) is 18.4 Å². The van der Waals surface area contributed by atoms with Crippen LogP contribution in [0.15, 0.2) is 23.7 Å². The van der Waals surface area contributed by atoms with Crippen LogP contribution in [0.25, 0.3) is 10.2 Å². The van der Waals surface area contributed by atoms with Gasteiger partial charge < -0.3 is 10.4 Å². The van der Waals surface area contributed by atoms with Crippen molar-refractivity contribution in [2.45, 2.75) is 24.8 Å². The molecule has 98 valence electrons. The van der Waals surface area contributed by atoms with Crippen molar-refractivity contribution in [1.82, 2.24) is 10.3 Å². The summed E-state index contributed by atoms with van der Waals surface area (Å²) in [6.07, 6.45) is 1.83. The number of fused-ring (bicyclic) bond motifs is 1. The van der Waals surface area contributed by atoms with Crippen LogP contribution in [0.2, 0.25) is 0 Å². The summed E-state index contributed by atoms with van der Waals surface area (Å²) in [6, 6.07) is 5.19. The number of nitrogens with one attached hydrogen (secondary N) is 1. The molecule has 1 saturated carbocycles. The molecule has 1 fully saturated rings. The predicted molar refractivity (Wildman–Crippen MR) is 71.3 cm³/mol. The van der Waals surface area contributed by atoms with Crippen molar-refractivity contribution >= 4 is 33.4 Å². The van der Waals surface area contributed by atoms with E-state index >= 15 is 0 Å². The first-order chi connectivity index (χ1) is 9.11. The van der Waals surface area contributed by atoms with Crippen molar-refractivity contribution in [2.75, 3.05) is 0 Å². The predicted octanol–water partition coefficient (Wildman–Crippen LogP) is 2.03. The first-order valence-electron chi connectivity index (χ1n) is 6.00. The van der Waals surface area contributed by atoms with Gasteiger partial charge in [-0.25, -0.2) is 9.78 Å². The minimum atomic E-state index is -1.07. The minimum absolute atomic E-state index is 0.336. The lowest BCUT2D eigenvalue weighted by Crippen LogP contribution is -2.59. The van der Waals surface area contributed by atoms with Gasteiger partial charge in [-0.2, -0.15) is 0 Å². The summed E-state index contributed by atoms with van der Waals surface area (Å²) < 4.78 is 0.922. The monoisotopic (exact) mass is 276 g/mol. The van der Waals surface area contributed by atoms with Crippen LogP contribution in [0.4, 0.5) is 0 Å². The smallest absolute Gasteiger partial charge is 0.329 e. The van der Waals surface area contributed by atoms with Crippen molar-refractivity contribution < 1.29 is 14.7 Å². The molecule has 0 atom stereocenters. The van der Waals surface area contributed by atoms with Gasteiger partial charge in [0.25, 0.3) is 5.91 Å². The molecule has 0 unspecified atom stereocenters. The number of carbonyl (C=O) groups is 2. The van der Waals surface area contributed by atoms with Crippen molar-refractivity contribution in [3.05, 3.63) is 29.3 Å². The Hall–Kier alpha value is -1.95. The summed E-state index contributed by atoms with van der Waals surface area (Å²) in [7, 11) is 0. The lowest BCUT2D eigenvalue weighted by atomic mass is 9.76. The van der Waals surface area contributed by atoms with E-state index < -0.39 is 11.5 Å². The molecule has 19 heavy (non-hydrogen) atoms. The molecular formula is C13H12N2O3S. The Morgan fingerprint density at radius 2 is 2.16 bits per heavy atom. The van der Waals surface area contributed by atoms with Crippen LogP contribution >= 0.6 is 11.3 Å². The number of nitrogens with zero attached hydrogens (tertiary/aromatic N) is 1. The van der Waals surface area contributed by atoms with Crippen LogP contribution in [0.3, 0.4) is 0 Å². The molecule has 1 aromatic heterocycles. The van der Waals surface area contributed by atoms with E-state index in [4.69, 9.17) is 0 Å². The third-order valence-electron chi connectivity index (χ3n) is 3.56. The Bertz CT molecular complexity index is 661. The fourth-order valence-electron chi connectivity index (χ4n) is 2.21. The zero-order valence-corrected chi connectivity index (χ0v) is 10.9. The second-order valence-corrected chi connectivity index (χ2v) is 5.62. The number of thiazole rings is 1. The molecule has 6 heteroatoms. The number of hydrogen-bond acceptors (Lipinski definition) is 4. The number of aromatic nitrogens is 1. The van der Waals surface area contributed by atoms with E-state index in [9.17, 15) is 14.7 Å². The van der Waals surface area contributed by atoms with E-state index in [1.165, 1.54) is 11.3 Å². The maximum Gasteiger partial charge on any atom is 0.329 e. The zero-order valence-electron chi connectivity index (χ0n) is 10.0. The lowest BCUT2D eigenvalue weighted by molar-refractivity contribution is -0.148. The first kappa shape index (κ1) is 12.1. The van der Waals surface area contributed by atoms with Crippen LogP contribution in [-0.4, -0.2) is 27.5 Å². The van der Waals surface area contributed by atoms with Crippen LogP contribution in [0.1, 0.15) is 29.6 Å². The topological polar surface area (TPSA) is 79.3 Å². The van der Waals surface area contributed by atoms with Crippen molar-refractivity contribution in [2.24, 2.45) is 0 Å². The van der Waals surface area contributed by atoms with E-state index in [0.717, 1.165) is 16.6 Å². The average molecular weight is 276 g/mol. The first-order valence-corrected chi connectivity index (χ1v) is 6.88. The normalized spacial score (nSPS) is 16.8. The minimum Gasteiger partial charge on any atom is -0.480 e. The number of hydrogen-bond donors (Lipinski definition) is 2. The Morgan fingerprint density at radius 1 is 1.37 bits per heavy atom. The maximum absolute atomic E-state index is 12.1. The summed E-state index contributed by atoms with van der Waals surface area (Å²) in [6.45, 7) is 0. The fourth-order valence-corrected chi connectivity index (χ4v) is 2.92. The quantitative estimate of drug-likeness (QED) is 0.899. The van der Waals surface area contributed by atoms with Crippen LogP contribution < -0.4 is 5.32 Å². The van der Waals surface area contributed by atoms with Gasteiger partial charge in [0.15, 0.2) is 0 Å². The highest BCUT2D eigenvalue weighted by molar-refractivity contribution is 7.16. The van der Waals surface area contributed by atoms with Crippen LogP contribution in [0.5, 0.6) is 0 Å².